The second kappa shape index (κ2) is 5.51. The monoisotopic (exact) mass is 245 g/mol. The van der Waals surface area contributed by atoms with Crippen molar-refractivity contribution in [2.24, 2.45) is 5.41 Å². The van der Waals surface area contributed by atoms with E-state index in [1.165, 1.54) is 6.07 Å². The molecule has 0 heterocycles. The Morgan fingerprint density at radius 3 is 2.75 bits per heavy atom. The van der Waals surface area contributed by atoms with Crippen molar-refractivity contribution in [2.45, 2.75) is 13.8 Å². The molecule has 16 heavy (non-hydrogen) atoms. The van der Waals surface area contributed by atoms with Crippen molar-refractivity contribution < 1.29 is 9.13 Å². The molecule has 1 rings (SSSR count). The third-order valence-electron chi connectivity index (χ3n) is 2.19. The summed E-state index contributed by atoms with van der Waals surface area (Å²) in [4.78, 5) is 0. The van der Waals surface area contributed by atoms with Crippen LogP contribution in [0.15, 0.2) is 18.2 Å². The summed E-state index contributed by atoms with van der Waals surface area (Å²) in [6.45, 7) is 5.33. The van der Waals surface area contributed by atoms with Crippen molar-refractivity contribution in [1.82, 2.24) is 5.32 Å². The van der Waals surface area contributed by atoms with Gasteiger partial charge in [0.1, 0.15) is 0 Å². The third kappa shape index (κ3) is 3.65. The van der Waals surface area contributed by atoms with Gasteiger partial charge in [0.2, 0.25) is 0 Å². The minimum absolute atomic E-state index is 0.0521. The van der Waals surface area contributed by atoms with Crippen molar-refractivity contribution in [3.8, 4) is 5.75 Å². The van der Waals surface area contributed by atoms with E-state index in [1.54, 1.807) is 12.1 Å². The largest absolute Gasteiger partial charge is 0.490 e. The lowest BCUT2D eigenvalue weighted by Crippen LogP contribution is -2.32. The summed E-state index contributed by atoms with van der Waals surface area (Å²) in [5.74, 6) is -0.291. The number of halogens is 2. The molecule has 0 spiro atoms. The first kappa shape index (κ1) is 13.3. The van der Waals surface area contributed by atoms with E-state index in [9.17, 15) is 4.39 Å². The zero-order valence-corrected chi connectivity index (χ0v) is 10.6. The van der Waals surface area contributed by atoms with E-state index in [0.717, 1.165) is 6.54 Å². The number of hydrogen-bond acceptors (Lipinski definition) is 2. The van der Waals surface area contributed by atoms with Crippen LogP contribution in [0.2, 0.25) is 5.02 Å². The molecular weight excluding hydrogens is 229 g/mol. The predicted molar refractivity (Wildman–Crippen MR) is 64.6 cm³/mol. The second-order valence-corrected chi connectivity index (χ2v) is 4.94. The molecule has 0 aliphatic carbocycles. The van der Waals surface area contributed by atoms with Crippen LogP contribution < -0.4 is 10.1 Å². The Kier molecular flexibility index (Phi) is 4.56. The van der Waals surface area contributed by atoms with Crippen LogP contribution in [0, 0.1) is 11.2 Å². The maximum Gasteiger partial charge on any atom is 0.183 e. The first-order valence-corrected chi connectivity index (χ1v) is 5.55. The maximum atomic E-state index is 13.5. The van der Waals surface area contributed by atoms with Crippen LogP contribution in [-0.2, 0) is 0 Å². The normalized spacial score (nSPS) is 11.6. The molecule has 90 valence electrons. The van der Waals surface area contributed by atoms with Gasteiger partial charge in [0.25, 0.3) is 0 Å². The van der Waals surface area contributed by atoms with Crippen LogP contribution in [0.4, 0.5) is 4.39 Å². The van der Waals surface area contributed by atoms with Crippen LogP contribution in [-0.4, -0.2) is 20.2 Å². The van der Waals surface area contributed by atoms with Crippen molar-refractivity contribution >= 4 is 11.6 Å². The number of ether oxygens (including phenoxy) is 1. The minimum Gasteiger partial charge on any atom is -0.490 e. The Labute approximate surface area is 101 Å². The Morgan fingerprint density at radius 2 is 2.12 bits per heavy atom. The molecule has 1 aromatic rings. The molecule has 0 unspecified atom stereocenters. The molecule has 0 radical (unpaired) electrons. The summed E-state index contributed by atoms with van der Waals surface area (Å²) < 4.78 is 18.9. The van der Waals surface area contributed by atoms with E-state index in [2.05, 4.69) is 5.32 Å². The van der Waals surface area contributed by atoms with Gasteiger partial charge in [0.05, 0.1) is 11.6 Å². The van der Waals surface area contributed by atoms with Gasteiger partial charge in [-0.15, -0.1) is 0 Å². The fourth-order valence-corrected chi connectivity index (χ4v) is 1.56. The molecule has 0 saturated heterocycles. The van der Waals surface area contributed by atoms with Gasteiger partial charge in [-0.1, -0.05) is 31.5 Å². The number of benzene rings is 1. The topological polar surface area (TPSA) is 21.3 Å². The van der Waals surface area contributed by atoms with Gasteiger partial charge in [-0.25, -0.2) is 4.39 Å². The Bertz CT molecular complexity index is 355. The van der Waals surface area contributed by atoms with E-state index >= 15 is 0 Å². The zero-order chi connectivity index (χ0) is 12.2. The van der Waals surface area contributed by atoms with Crippen molar-refractivity contribution in [3.05, 3.63) is 29.0 Å². The Balaban J connectivity index is 2.64. The lowest BCUT2D eigenvalue weighted by atomic mass is 9.95. The van der Waals surface area contributed by atoms with Gasteiger partial charge in [-0.05, 0) is 19.2 Å². The molecule has 4 heteroatoms. The molecule has 1 N–H and O–H groups in total. The Morgan fingerprint density at radius 1 is 1.44 bits per heavy atom. The molecule has 0 saturated carbocycles. The van der Waals surface area contributed by atoms with E-state index in [-0.39, 0.29) is 16.2 Å². The van der Waals surface area contributed by atoms with Gasteiger partial charge in [0.15, 0.2) is 11.6 Å². The minimum atomic E-state index is -0.496. The summed E-state index contributed by atoms with van der Waals surface area (Å²) in [5, 5.41) is 3.16. The first-order chi connectivity index (χ1) is 7.46. The molecular formula is C12H17ClFNO. The first-order valence-electron chi connectivity index (χ1n) is 5.18. The molecule has 0 fully saturated rings. The van der Waals surface area contributed by atoms with Crippen LogP contribution in [0.3, 0.4) is 0 Å². The molecule has 0 bridgehead atoms. The lowest BCUT2D eigenvalue weighted by molar-refractivity contribution is 0.173. The summed E-state index contributed by atoms with van der Waals surface area (Å²) in [6.07, 6.45) is 0. The maximum absolute atomic E-state index is 13.5. The van der Waals surface area contributed by atoms with Gasteiger partial charge >= 0.3 is 0 Å². The molecule has 2 nitrogen and oxygen atoms in total. The van der Waals surface area contributed by atoms with Gasteiger partial charge in [-0.3, -0.25) is 0 Å². The van der Waals surface area contributed by atoms with E-state index in [4.69, 9.17) is 16.3 Å². The highest BCUT2D eigenvalue weighted by Gasteiger charge is 2.19. The molecule has 0 aliphatic rings. The Hall–Kier alpha value is -0.800. The van der Waals surface area contributed by atoms with Crippen molar-refractivity contribution in [1.29, 1.82) is 0 Å². The van der Waals surface area contributed by atoms with Crippen molar-refractivity contribution in [2.75, 3.05) is 20.2 Å². The van der Waals surface area contributed by atoms with Gasteiger partial charge < -0.3 is 10.1 Å². The number of hydrogen-bond donors (Lipinski definition) is 1. The van der Waals surface area contributed by atoms with Crippen LogP contribution >= 0.6 is 11.6 Å². The fourth-order valence-electron chi connectivity index (χ4n) is 1.40. The van der Waals surface area contributed by atoms with E-state index in [0.29, 0.717) is 6.61 Å². The number of rotatable bonds is 5. The van der Waals surface area contributed by atoms with Crippen molar-refractivity contribution in [3.63, 3.8) is 0 Å². The third-order valence-corrected chi connectivity index (χ3v) is 2.48. The molecule has 0 aliphatic heterocycles. The highest BCUT2D eigenvalue weighted by atomic mass is 35.5. The van der Waals surface area contributed by atoms with Crippen LogP contribution in [0.25, 0.3) is 0 Å². The average molecular weight is 246 g/mol. The van der Waals surface area contributed by atoms with E-state index < -0.39 is 5.82 Å². The standard InChI is InChI=1S/C12H17ClFNO/c1-12(2,7-15-3)8-16-10-6-4-5-9(13)11(10)14/h4-6,15H,7-8H2,1-3H3. The molecule has 0 aromatic heterocycles. The van der Waals surface area contributed by atoms with Crippen LogP contribution in [0.1, 0.15) is 13.8 Å². The quantitative estimate of drug-likeness (QED) is 0.861. The summed E-state index contributed by atoms with van der Waals surface area (Å²) in [6, 6.07) is 4.75. The average Bonchev–Trinajstić information content (AvgIpc) is 2.20. The summed E-state index contributed by atoms with van der Waals surface area (Å²) in [5.41, 5.74) is -0.0521. The number of nitrogens with one attached hydrogen (secondary N) is 1. The van der Waals surface area contributed by atoms with Gasteiger partial charge in [-0.2, -0.15) is 0 Å². The fraction of sp³-hybridized carbons (Fsp3) is 0.500. The highest BCUT2D eigenvalue weighted by molar-refractivity contribution is 6.30. The molecule has 1 aromatic carbocycles. The highest BCUT2D eigenvalue weighted by Crippen LogP contribution is 2.25. The zero-order valence-electron chi connectivity index (χ0n) is 9.81. The smallest absolute Gasteiger partial charge is 0.183 e. The summed E-state index contributed by atoms with van der Waals surface area (Å²) >= 11 is 5.66. The molecule has 0 atom stereocenters. The lowest BCUT2D eigenvalue weighted by Gasteiger charge is -2.24. The SMILES string of the molecule is CNCC(C)(C)COc1cccc(Cl)c1F. The molecule has 0 amide bonds. The summed E-state index contributed by atoms with van der Waals surface area (Å²) in [7, 11) is 1.88. The van der Waals surface area contributed by atoms with E-state index in [1.807, 2.05) is 20.9 Å². The predicted octanol–water partition coefficient (Wildman–Crippen LogP) is 3.10. The van der Waals surface area contributed by atoms with Crippen LogP contribution in [0.5, 0.6) is 5.75 Å². The second-order valence-electron chi connectivity index (χ2n) is 4.54. The van der Waals surface area contributed by atoms with Gasteiger partial charge in [0, 0.05) is 12.0 Å².